The maximum atomic E-state index is 6.13. The van der Waals surface area contributed by atoms with Crippen molar-refractivity contribution in [2.24, 2.45) is 0 Å². The number of alkyl halides is 1. The van der Waals surface area contributed by atoms with Crippen LogP contribution in [0.3, 0.4) is 0 Å². The second kappa shape index (κ2) is 9.05. The van der Waals surface area contributed by atoms with E-state index in [1.54, 1.807) is 6.20 Å². The van der Waals surface area contributed by atoms with Gasteiger partial charge in [0.2, 0.25) is 0 Å². The molecular formula is C15H17Cl2NO3. The van der Waals surface area contributed by atoms with Crippen molar-refractivity contribution in [3.05, 3.63) is 35.5 Å². The summed E-state index contributed by atoms with van der Waals surface area (Å²) in [5, 5.41) is 1.55. The molecule has 2 rings (SSSR count). The molecule has 1 heterocycles. The molecule has 0 aliphatic heterocycles. The minimum absolute atomic E-state index is 0.447. The Balaban J connectivity index is 1.78. The number of halogens is 2. The summed E-state index contributed by atoms with van der Waals surface area (Å²) in [6, 6.07) is 7.40. The molecule has 4 nitrogen and oxygen atoms in total. The zero-order chi connectivity index (χ0) is 14.9. The monoisotopic (exact) mass is 329 g/mol. The fraction of sp³-hybridized carbons (Fsp3) is 0.400. The van der Waals surface area contributed by atoms with Gasteiger partial charge in [0.05, 0.1) is 31.5 Å². The summed E-state index contributed by atoms with van der Waals surface area (Å²) in [5.74, 6) is 1.21. The Morgan fingerprint density at radius 2 is 1.71 bits per heavy atom. The van der Waals surface area contributed by atoms with Gasteiger partial charge in [0.15, 0.2) is 0 Å². The predicted molar refractivity (Wildman–Crippen MR) is 84.6 cm³/mol. The Morgan fingerprint density at radius 1 is 0.952 bits per heavy atom. The molecule has 0 saturated heterocycles. The van der Waals surface area contributed by atoms with E-state index in [1.807, 2.05) is 24.3 Å². The topological polar surface area (TPSA) is 40.6 Å². The van der Waals surface area contributed by atoms with E-state index in [4.69, 9.17) is 37.4 Å². The Hall–Kier alpha value is -1.07. The SMILES string of the molecule is ClCCOCCOCCOc1ccc(Cl)c2cccnc12. The number of aromatic nitrogens is 1. The Morgan fingerprint density at radius 3 is 2.52 bits per heavy atom. The Kier molecular flexibility index (Phi) is 7.03. The van der Waals surface area contributed by atoms with Gasteiger partial charge in [-0.15, -0.1) is 11.6 Å². The lowest BCUT2D eigenvalue weighted by molar-refractivity contribution is 0.0412. The van der Waals surface area contributed by atoms with Crippen LogP contribution in [0.25, 0.3) is 10.9 Å². The highest BCUT2D eigenvalue weighted by Crippen LogP contribution is 2.29. The molecule has 2 aromatic rings. The third kappa shape index (κ3) is 5.00. The summed E-state index contributed by atoms with van der Waals surface area (Å²) < 4.78 is 16.3. The maximum absolute atomic E-state index is 6.13. The molecule has 0 aliphatic carbocycles. The molecular weight excluding hydrogens is 313 g/mol. The van der Waals surface area contributed by atoms with Gasteiger partial charge in [0, 0.05) is 17.5 Å². The first-order valence-electron chi connectivity index (χ1n) is 6.70. The van der Waals surface area contributed by atoms with E-state index in [2.05, 4.69) is 4.98 Å². The van der Waals surface area contributed by atoms with Gasteiger partial charge in [-0.05, 0) is 24.3 Å². The number of rotatable bonds is 9. The average Bonchev–Trinajstić information content (AvgIpc) is 2.52. The summed E-state index contributed by atoms with van der Waals surface area (Å²) in [5.41, 5.74) is 0.760. The van der Waals surface area contributed by atoms with Crippen LogP contribution in [0.1, 0.15) is 0 Å². The molecule has 0 aliphatic rings. The van der Waals surface area contributed by atoms with E-state index >= 15 is 0 Å². The number of pyridine rings is 1. The Bertz CT molecular complexity index is 566. The van der Waals surface area contributed by atoms with Crippen molar-refractivity contribution >= 4 is 34.1 Å². The second-order valence-electron chi connectivity index (χ2n) is 4.21. The van der Waals surface area contributed by atoms with Gasteiger partial charge >= 0.3 is 0 Å². The molecule has 114 valence electrons. The average molecular weight is 330 g/mol. The van der Waals surface area contributed by atoms with Crippen LogP contribution in [0.2, 0.25) is 5.02 Å². The molecule has 0 spiro atoms. The first kappa shape index (κ1) is 16.3. The summed E-state index contributed by atoms with van der Waals surface area (Å²) >= 11 is 11.6. The number of nitrogens with zero attached hydrogens (tertiary/aromatic N) is 1. The third-order valence-corrected chi connectivity index (χ3v) is 3.24. The molecule has 0 radical (unpaired) electrons. The summed E-state index contributed by atoms with van der Waals surface area (Å²) in [6.45, 7) is 2.55. The Labute approximate surface area is 133 Å². The van der Waals surface area contributed by atoms with Crippen molar-refractivity contribution in [1.29, 1.82) is 0 Å². The summed E-state index contributed by atoms with van der Waals surface area (Å²) in [7, 11) is 0. The molecule has 0 bridgehead atoms. The molecule has 0 saturated carbocycles. The first-order chi connectivity index (χ1) is 10.3. The zero-order valence-corrected chi connectivity index (χ0v) is 13.1. The largest absolute Gasteiger partial charge is 0.489 e. The van der Waals surface area contributed by atoms with Gasteiger partial charge in [-0.1, -0.05) is 11.6 Å². The lowest BCUT2D eigenvalue weighted by Gasteiger charge is -2.10. The van der Waals surface area contributed by atoms with E-state index in [9.17, 15) is 0 Å². The standard InChI is InChI=1S/C15H17Cl2NO3/c16-5-7-19-8-9-20-10-11-21-14-4-3-13(17)12-2-1-6-18-15(12)14/h1-4,6H,5,7-11H2. The summed E-state index contributed by atoms with van der Waals surface area (Å²) in [6.07, 6.45) is 1.72. The molecule has 6 heteroatoms. The number of benzene rings is 1. The maximum Gasteiger partial charge on any atom is 0.145 e. The smallest absolute Gasteiger partial charge is 0.145 e. The van der Waals surface area contributed by atoms with Crippen LogP contribution in [0, 0.1) is 0 Å². The second-order valence-corrected chi connectivity index (χ2v) is 4.99. The van der Waals surface area contributed by atoms with E-state index < -0.39 is 0 Å². The molecule has 1 aromatic carbocycles. The van der Waals surface area contributed by atoms with Crippen LogP contribution in [-0.2, 0) is 9.47 Å². The van der Waals surface area contributed by atoms with Crippen molar-refractivity contribution in [3.63, 3.8) is 0 Å². The van der Waals surface area contributed by atoms with Gasteiger partial charge < -0.3 is 14.2 Å². The van der Waals surface area contributed by atoms with Gasteiger partial charge in [0.1, 0.15) is 17.9 Å². The minimum atomic E-state index is 0.447. The lowest BCUT2D eigenvalue weighted by atomic mass is 10.2. The van der Waals surface area contributed by atoms with Crippen molar-refractivity contribution < 1.29 is 14.2 Å². The molecule has 0 N–H and O–H groups in total. The molecule has 0 amide bonds. The van der Waals surface area contributed by atoms with Crippen LogP contribution in [-0.4, -0.2) is 43.9 Å². The van der Waals surface area contributed by atoms with E-state index in [0.29, 0.717) is 49.7 Å². The molecule has 0 atom stereocenters. The fourth-order valence-electron chi connectivity index (χ4n) is 1.82. The van der Waals surface area contributed by atoms with Gasteiger partial charge in [0.25, 0.3) is 0 Å². The first-order valence-corrected chi connectivity index (χ1v) is 7.61. The van der Waals surface area contributed by atoms with E-state index in [-0.39, 0.29) is 0 Å². The highest BCUT2D eigenvalue weighted by molar-refractivity contribution is 6.35. The van der Waals surface area contributed by atoms with Crippen LogP contribution >= 0.6 is 23.2 Å². The highest BCUT2D eigenvalue weighted by Gasteiger charge is 2.06. The van der Waals surface area contributed by atoms with Crippen LogP contribution in [0.15, 0.2) is 30.5 Å². The van der Waals surface area contributed by atoms with E-state index in [0.717, 1.165) is 10.9 Å². The zero-order valence-electron chi connectivity index (χ0n) is 11.6. The number of fused-ring (bicyclic) bond motifs is 1. The number of hydrogen-bond donors (Lipinski definition) is 0. The molecule has 0 unspecified atom stereocenters. The predicted octanol–water partition coefficient (Wildman–Crippen LogP) is 3.54. The fourth-order valence-corrected chi connectivity index (χ4v) is 2.14. The normalized spacial score (nSPS) is 11.0. The van der Waals surface area contributed by atoms with Crippen molar-refractivity contribution in [1.82, 2.24) is 4.98 Å². The lowest BCUT2D eigenvalue weighted by Crippen LogP contribution is -2.11. The molecule has 0 fully saturated rings. The van der Waals surface area contributed by atoms with Crippen LogP contribution in [0.4, 0.5) is 0 Å². The van der Waals surface area contributed by atoms with Gasteiger partial charge in [-0.3, -0.25) is 4.98 Å². The quantitative estimate of drug-likeness (QED) is 0.521. The molecule has 1 aromatic heterocycles. The molecule has 21 heavy (non-hydrogen) atoms. The minimum Gasteiger partial charge on any atom is -0.489 e. The van der Waals surface area contributed by atoms with Crippen LogP contribution < -0.4 is 4.74 Å². The summed E-state index contributed by atoms with van der Waals surface area (Å²) in [4.78, 5) is 4.31. The van der Waals surface area contributed by atoms with Crippen molar-refractivity contribution in [2.75, 3.05) is 38.9 Å². The van der Waals surface area contributed by atoms with Crippen molar-refractivity contribution in [2.45, 2.75) is 0 Å². The highest BCUT2D eigenvalue weighted by atomic mass is 35.5. The third-order valence-electron chi connectivity index (χ3n) is 2.76. The number of hydrogen-bond acceptors (Lipinski definition) is 4. The van der Waals surface area contributed by atoms with Crippen LogP contribution in [0.5, 0.6) is 5.75 Å². The van der Waals surface area contributed by atoms with Crippen molar-refractivity contribution in [3.8, 4) is 5.75 Å². The number of ether oxygens (including phenoxy) is 3. The van der Waals surface area contributed by atoms with Gasteiger partial charge in [-0.2, -0.15) is 0 Å². The van der Waals surface area contributed by atoms with Gasteiger partial charge in [-0.25, -0.2) is 0 Å². The van der Waals surface area contributed by atoms with E-state index in [1.165, 1.54) is 0 Å².